The summed E-state index contributed by atoms with van der Waals surface area (Å²) in [6.45, 7) is 5.18. The summed E-state index contributed by atoms with van der Waals surface area (Å²) in [5, 5.41) is 13.7. The molecule has 1 aromatic heterocycles. The lowest BCUT2D eigenvalue weighted by Gasteiger charge is -2.39. The second-order valence-electron chi connectivity index (χ2n) is 5.09. The number of rotatable bonds is 5. The number of hydrogen-bond donors (Lipinski definition) is 1. The van der Waals surface area contributed by atoms with E-state index in [4.69, 9.17) is 0 Å². The lowest BCUT2D eigenvalue weighted by Crippen LogP contribution is -2.46. The van der Waals surface area contributed by atoms with E-state index in [2.05, 4.69) is 5.10 Å². The third-order valence-electron chi connectivity index (χ3n) is 3.85. The number of piperidine rings is 1. The normalized spacial score (nSPS) is 23.1. The van der Waals surface area contributed by atoms with Crippen molar-refractivity contribution in [3.63, 3.8) is 0 Å². The third kappa shape index (κ3) is 2.55. The minimum Gasteiger partial charge on any atom is -0.481 e. The quantitative estimate of drug-likeness (QED) is 0.889. The molecule has 110 valence electrons. The van der Waals surface area contributed by atoms with Crippen LogP contribution in [0.5, 0.6) is 0 Å². The lowest BCUT2D eigenvalue weighted by atomic mass is 9.86. The fraction of sp³-hybridized carbons (Fsp3) is 0.643. The summed E-state index contributed by atoms with van der Waals surface area (Å²) in [6.07, 6.45) is 3.30. The molecule has 20 heavy (non-hydrogen) atoms. The number of carbonyl (C=O) groups excluding carboxylic acids is 1. The van der Waals surface area contributed by atoms with Gasteiger partial charge in [-0.2, -0.15) is 5.10 Å². The van der Waals surface area contributed by atoms with E-state index in [1.54, 1.807) is 11.1 Å². The maximum atomic E-state index is 12.1. The smallest absolute Gasteiger partial charge is 0.309 e. The van der Waals surface area contributed by atoms with Crippen molar-refractivity contribution in [1.82, 2.24) is 14.7 Å². The Morgan fingerprint density at radius 2 is 2.25 bits per heavy atom. The van der Waals surface area contributed by atoms with Crippen molar-refractivity contribution in [1.29, 1.82) is 0 Å². The Kier molecular flexibility index (Phi) is 4.42. The molecule has 1 aromatic rings. The summed E-state index contributed by atoms with van der Waals surface area (Å²) in [6, 6.07) is 1.42. The van der Waals surface area contributed by atoms with Crippen LogP contribution in [0.3, 0.4) is 0 Å². The van der Waals surface area contributed by atoms with Gasteiger partial charge < -0.3 is 10.0 Å². The fourth-order valence-electron chi connectivity index (χ4n) is 2.94. The van der Waals surface area contributed by atoms with Gasteiger partial charge in [-0.3, -0.25) is 14.3 Å². The zero-order valence-corrected chi connectivity index (χ0v) is 12.0. The van der Waals surface area contributed by atoms with Crippen molar-refractivity contribution in [2.24, 2.45) is 5.92 Å². The van der Waals surface area contributed by atoms with Crippen LogP contribution in [0.25, 0.3) is 0 Å². The highest BCUT2D eigenvalue weighted by Crippen LogP contribution is 2.36. The predicted molar refractivity (Wildman–Crippen MR) is 73.0 cm³/mol. The van der Waals surface area contributed by atoms with Gasteiger partial charge in [0.25, 0.3) is 0 Å². The minimum absolute atomic E-state index is 0.0271. The van der Waals surface area contributed by atoms with Crippen LogP contribution in [0.2, 0.25) is 0 Å². The van der Waals surface area contributed by atoms with E-state index >= 15 is 0 Å². The average molecular weight is 279 g/mol. The Labute approximate surface area is 118 Å². The molecule has 1 fully saturated rings. The van der Waals surface area contributed by atoms with E-state index in [0.717, 1.165) is 18.7 Å². The average Bonchev–Trinajstić information content (AvgIpc) is 2.86. The molecule has 1 amide bonds. The SMILES string of the molecule is CCCn1nccc1C1C(C(=O)O)CCC(=O)N1CC. The van der Waals surface area contributed by atoms with Crippen LogP contribution in [0.1, 0.15) is 44.8 Å². The van der Waals surface area contributed by atoms with Gasteiger partial charge in [-0.05, 0) is 25.8 Å². The maximum absolute atomic E-state index is 12.1. The van der Waals surface area contributed by atoms with Gasteiger partial charge in [-0.15, -0.1) is 0 Å². The number of hydrogen-bond acceptors (Lipinski definition) is 3. The summed E-state index contributed by atoms with van der Waals surface area (Å²) in [5.74, 6) is -1.37. The molecule has 0 bridgehead atoms. The number of amides is 1. The Morgan fingerprint density at radius 1 is 1.50 bits per heavy atom. The third-order valence-corrected chi connectivity index (χ3v) is 3.85. The number of nitrogens with zero attached hydrogens (tertiary/aromatic N) is 3. The van der Waals surface area contributed by atoms with Crippen molar-refractivity contribution in [2.75, 3.05) is 6.54 Å². The van der Waals surface area contributed by atoms with Crippen molar-refractivity contribution >= 4 is 11.9 Å². The first kappa shape index (κ1) is 14.6. The highest BCUT2D eigenvalue weighted by Gasteiger charge is 2.41. The number of aliphatic carboxylic acids is 1. The van der Waals surface area contributed by atoms with Crippen molar-refractivity contribution in [2.45, 2.75) is 45.7 Å². The Bertz CT molecular complexity index is 496. The van der Waals surface area contributed by atoms with E-state index in [-0.39, 0.29) is 5.91 Å². The molecule has 0 radical (unpaired) electrons. The number of aromatic nitrogens is 2. The van der Waals surface area contributed by atoms with Gasteiger partial charge in [0, 0.05) is 25.7 Å². The van der Waals surface area contributed by atoms with Crippen LogP contribution in [-0.2, 0) is 16.1 Å². The number of carboxylic acids is 1. The lowest BCUT2D eigenvalue weighted by molar-refractivity contribution is -0.152. The Morgan fingerprint density at radius 3 is 2.85 bits per heavy atom. The molecule has 0 aliphatic carbocycles. The zero-order chi connectivity index (χ0) is 14.7. The zero-order valence-electron chi connectivity index (χ0n) is 12.0. The van der Waals surface area contributed by atoms with Crippen LogP contribution in [-0.4, -0.2) is 38.2 Å². The van der Waals surface area contributed by atoms with Crippen LogP contribution >= 0.6 is 0 Å². The molecule has 1 aliphatic heterocycles. The number of carbonyl (C=O) groups is 2. The Hall–Kier alpha value is -1.85. The summed E-state index contributed by atoms with van der Waals surface area (Å²) >= 11 is 0. The molecule has 1 saturated heterocycles. The summed E-state index contributed by atoms with van der Waals surface area (Å²) < 4.78 is 1.82. The highest BCUT2D eigenvalue weighted by atomic mass is 16.4. The summed E-state index contributed by atoms with van der Waals surface area (Å²) in [5.41, 5.74) is 0.828. The van der Waals surface area contributed by atoms with Crippen molar-refractivity contribution < 1.29 is 14.7 Å². The van der Waals surface area contributed by atoms with Gasteiger partial charge in [0.1, 0.15) is 0 Å². The first-order valence-electron chi connectivity index (χ1n) is 7.14. The predicted octanol–water partition coefficient (Wildman–Crippen LogP) is 1.68. The second-order valence-corrected chi connectivity index (χ2v) is 5.09. The molecular formula is C14H21N3O3. The number of likely N-dealkylation sites (tertiary alicyclic amines) is 1. The Balaban J connectivity index is 2.41. The molecule has 2 unspecified atom stereocenters. The fourth-order valence-corrected chi connectivity index (χ4v) is 2.94. The molecule has 0 saturated carbocycles. The van der Waals surface area contributed by atoms with Crippen molar-refractivity contribution in [3.8, 4) is 0 Å². The van der Waals surface area contributed by atoms with E-state index in [1.165, 1.54) is 0 Å². The monoisotopic (exact) mass is 279 g/mol. The van der Waals surface area contributed by atoms with Gasteiger partial charge in [0.05, 0.1) is 17.7 Å². The van der Waals surface area contributed by atoms with E-state index in [0.29, 0.717) is 19.4 Å². The molecule has 0 aromatic carbocycles. The molecular weight excluding hydrogens is 258 g/mol. The van der Waals surface area contributed by atoms with Crippen LogP contribution in [0, 0.1) is 5.92 Å². The van der Waals surface area contributed by atoms with Crippen molar-refractivity contribution in [3.05, 3.63) is 18.0 Å². The molecule has 1 aliphatic rings. The molecule has 6 nitrogen and oxygen atoms in total. The maximum Gasteiger partial charge on any atom is 0.309 e. The molecule has 0 spiro atoms. The molecule has 2 heterocycles. The van der Waals surface area contributed by atoms with Gasteiger partial charge in [0.2, 0.25) is 5.91 Å². The standard InChI is InChI=1S/C14H21N3O3/c1-3-9-17-11(7-8-15-17)13-10(14(19)20)5-6-12(18)16(13)4-2/h7-8,10,13H,3-6,9H2,1-2H3,(H,19,20). The van der Waals surface area contributed by atoms with Crippen LogP contribution in [0.4, 0.5) is 0 Å². The number of carboxylic acid groups (broad SMARTS) is 1. The van der Waals surface area contributed by atoms with Gasteiger partial charge >= 0.3 is 5.97 Å². The minimum atomic E-state index is -0.842. The van der Waals surface area contributed by atoms with Gasteiger partial charge in [-0.25, -0.2) is 0 Å². The molecule has 2 rings (SSSR count). The van der Waals surface area contributed by atoms with E-state index < -0.39 is 17.9 Å². The second kappa shape index (κ2) is 6.07. The molecule has 6 heteroatoms. The topological polar surface area (TPSA) is 75.4 Å². The van der Waals surface area contributed by atoms with Gasteiger partial charge in [-0.1, -0.05) is 6.92 Å². The highest BCUT2D eigenvalue weighted by molar-refractivity contribution is 5.81. The first-order chi connectivity index (χ1) is 9.60. The molecule has 2 atom stereocenters. The van der Waals surface area contributed by atoms with E-state index in [1.807, 2.05) is 24.6 Å². The van der Waals surface area contributed by atoms with Gasteiger partial charge in [0.15, 0.2) is 0 Å². The summed E-state index contributed by atoms with van der Waals surface area (Å²) in [7, 11) is 0. The van der Waals surface area contributed by atoms with E-state index in [9.17, 15) is 14.7 Å². The van der Waals surface area contributed by atoms with Crippen LogP contribution < -0.4 is 0 Å². The summed E-state index contributed by atoms with van der Waals surface area (Å²) in [4.78, 5) is 25.3. The number of aryl methyl sites for hydroxylation is 1. The molecule has 1 N–H and O–H groups in total. The largest absolute Gasteiger partial charge is 0.481 e. The first-order valence-corrected chi connectivity index (χ1v) is 7.14. The van der Waals surface area contributed by atoms with Crippen LogP contribution in [0.15, 0.2) is 12.3 Å².